The Labute approximate surface area is 126 Å². The first-order valence-corrected chi connectivity index (χ1v) is 7.34. The standard InChI is InChI=1S/2C5H5F3O2.Sn/c2*1-3(9)2-4(10)5(6,7)8;/h2*2,9H,1H3;/q;;+2/p-2/b2*3-2-;. The third kappa shape index (κ3) is 8.63. The number of carbonyl (C=O) groups is 2. The van der Waals surface area contributed by atoms with Crippen LogP contribution in [0.25, 0.3) is 0 Å². The van der Waals surface area contributed by atoms with Crippen molar-refractivity contribution in [1.82, 2.24) is 0 Å². The maximum atomic E-state index is 11.9. The summed E-state index contributed by atoms with van der Waals surface area (Å²) in [6, 6.07) is 0. The Hall–Kier alpha value is -1.20. The number of alkyl halides is 6. The summed E-state index contributed by atoms with van der Waals surface area (Å²) in [6.07, 6.45) is -9.68. The molecule has 11 heteroatoms. The van der Waals surface area contributed by atoms with E-state index in [1.807, 2.05) is 0 Å². The van der Waals surface area contributed by atoms with Gasteiger partial charge in [0.05, 0.1) is 0 Å². The van der Waals surface area contributed by atoms with Crippen LogP contribution in [0.2, 0.25) is 0 Å². The zero-order valence-electron chi connectivity index (χ0n) is 10.6. The van der Waals surface area contributed by atoms with Crippen molar-refractivity contribution in [3.8, 4) is 0 Å². The van der Waals surface area contributed by atoms with E-state index in [9.17, 15) is 35.9 Å². The molecule has 0 saturated heterocycles. The van der Waals surface area contributed by atoms with Crippen LogP contribution in [0.3, 0.4) is 0 Å². The second-order valence-electron chi connectivity index (χ2n) is 3.52. The minimum absolute atomic E-state index is 0.199. The Balaban J connectivity index is 4.39. The van der Waals surface area contributed by atoms with Crippen LogP contribution in [0.4, 0.5) is 26.3 Å². The zero-order valence-corrected chi connectivity index (χ0v) is 13.4. The molecule has 0 saturated carbocycles. The predicted octanol–water partition coefficient (Wildman–Crippen LogP) is 2.62. The van der Waals surface area contributed by atoms with Crippen molar-refractivity contribution in [2.24, 2.45) is 0 Å². The van der Waals surface area contributed by atoms with Crippen LogP contribution in [-0.2, 0) is 15.7 Å². The first-order valence-electron chi connectivity index (χ1n) is 5.01. The predicted molar refractivity (Wildman–Crippen MR) is 57.6 cm³/mol. The summed E-state index contributed by atoms with van der Waals surface area (Å²) in [7, 11) is 0. The van der Waals surface area contributed by atoms with Crippen molar-refractivity contribution >= 4 is 33.5 Å². The van der Waals surface area contributed by atoms with Crippen LogP contribution < -0.4 is 0 Å². The molecule has 0 unspecified atom stereocenters. The molecule has 21 heavy (non-hydrogen) atoms. The topological polar surface area (TPSA) is 52.6 Å². The molecule has 0 aliphatic carbocycles. The van der Waals surface area contributed by atoms with Gasteiger partial charge in [-0.3, -0.25) is 0 Å². The molecule has 0 rings (SSSR count). The van der Waals surface area contributed by atoms with Crippen molar-refractivity contribution < 1.29 is 42.1 Å². The number of carbonyl (C=O) groups excluding carboxylic acids is 2. The molecule has 0 bridgehead atoms. The number of rotatable bonds is 6. The second kappa shape index (κ2) is 7.71. The Bertz CT molecular complexity index is 421. The molecule has 0 fully saturated rings. The summed E-state index contributed by atoms with van der Waals surface area (Å²) in [6.45, 7) is 2.13. The molecule has 0 aliphatic heterocycles. The SMILES string of the molecule is C/C(=C/C(=O)C(F)(F)F)[O][Sn][O]/C(C)=C\C(=O)C(F)(F)F. The maximum absolute atomic E-state index is 11.9. The van der Waals surface area contributed by atoms with Gasteiger partial charge in [0.15, 0.2) is 0 Å². The van der Waals surface area contributed by atoms with E-state index >= 15 is 0 Å². The Morgan fingerprint density at radius 3 is 1.33 bits per heavy atom. The van der Waals surface area contributed by atoms with Crippen molar-refractivity contribution in [2.75, 3.05) is 0 Å². The Morgan fingerprint density at radius 2 is 1.10 bits per heavy atom. The van der Waals surface area contributed by atoms with Crippen LogP contribution in [0, 0.1) is 0 Å². The quantitative estimate of drug-likeness (QED) is 0.285. The first kappa shape index (κ1) is 19.8. The zero-order chi connectivity index (χ0) is 16.8. The van der Waals surface area contributed by atoms with Crippen LogP contribution >= 0.6 is 0 Å². The van der Waals surface area contributed by atoms with Gasteiger partial charge in [0, 0.05) is 0 Å². The van der Waals surface area contributed by atoms with Gasteiger partial charge in [-0.15, -0.1) is 0 Å². The van der Waals surface area contributed by atoms with Gasteiger partial charge in [0.1, 0.15) is 0 Å². The molecular weight excluding hydrogens is 417 g/mol. The van der Waals surface area contributed by atoms with Gasteiger partial charge in [-0.05, 0) is 0 Å². The van der Waals surface area contributed by atoms with E-state index in [1.165, 1.54) is 0 Å². The molecule has 0 aliphatic rings. The summed E-state index contributed by atoms with van der Waals surface area (Å²) in [5, 5.41) is 0. The summed E-state index contributed by atoms with van der Waals surface area (Å²) >= 11 is -2.32. The van der Waals surface area contributed by atoms with Gasteiger partial charge >= 0.3 is 125 Å². The fourth-order valence-corrected chi connectivity index (χ4v) is 1.95. The van der Waals surface area contributed by atoms with E-state index in [4.69, 9.17) is 6.15 Å². The molecule has 118 valence electrons. The molecule has 0 aromatic carbocycles. The fraction of sp³-hybridized carbons (Fsp3) is 0.400. The summed E-state index contributed by atoms with van der Waals surface area (Å²) in [4.78, 5) is 21.1. The monoisotopic (exact) mass is 426 g/mol. The number of hydrogen-bond donors (Lipinski definition) is 0. The van der Waals surface area contributed by atoms with Crippen molar-refractivity contribution in [1.29, 1.82) is 0 Å². The van der Waals surface area contributed by atoms with Gasteiger partial charge in [0.2, 0.25) is 0 Å². The van der Waals surface area contributed by atoms with Crippen LogP contribution in [0.15, 0.2) is 23.7 Å². The Kier molecular flexibility index (Phi) is 7.27. The minimum atomic E-state index is -5.04. The van der Waals surface area contributed by atoms with E-state index in [0.29, 0.717) is 0 Å². The molecule has 4 nitrogen and oxygen atoms in total. The van der Waals surface area contributed by atoms with E-state index < -0.39 is 45.9 Å². The molecule has 0 heterocycles. The molecule has 0 aromatic rings. The van der Waals surface area contributed by atoms with Gasteiger partial charge in [-0.2, -0.15) is 0 Å². The third-order valence-corrected chi connectivity index (χ3v) is 3.95. The first-order chi connectivity index (χ1) is 9.34. The van der Waals surface area contributed by atoms with Crippen molar-refractivity contribution in [3.63, 3.8) is 0 Å². The fourth-order valence-electron chi connectivity index (χ4n) is 0.744. The van der Waals surface area contributed by atoms with Crippen molar-refractivity contribution in [2.45, 2.75) is 26.2 Å². The molecule has 0 N–H and O–H groups in total. The summed E-state index contributed by atoms with van der Waals surface area (Å²) < 4.78 is 80.8. The molecule has 0 spiro atoms. The van der Waals surface area contributed by atoms with Gasteiger partial charge in [-0.1, -0.05) is 0 Å². The van der Waals surface area contributed by atoms with E-state index in [-0.39, 0.29) is 23.7 Å². The van der Waals surface area contributed by atoms with Gasteiger partial charge < -0.3 is 0 Å². The van der Waals surface area contributed by atoms with Gasteiger partial charge in [-0.25, -0.2) is 0 Å². The van der Waals surface area contributed by atoms with Crippen LogP contribution in [0.5, 0.6) is 0 Å². The van der Waals surface area contributed by atoms with Gasteiger partial charge in [0.25, 0.3) is 0 Å². The summed E-state index contributed by atoms with van der Waals surface area (Å²) in [5.74, 6) is -5.00. The van der Waals surface area contributed by atoms with E-state index in [2.05, 4.69) is 0 Å². The molecule has 0 amide bonds. The number of halogens is 6. The van der Waals surface area contributed by atoms with Crippen LogP contribution in [0.1, 0.15) is 13.8 Å². The molecule has 2 radical (unpaired) electrons. The number of allylic oxidation sites excluding steroid dienone is 4. The molecule has 0 atom stereocenters. The average molecular weight is 425 g/mol. The Morgan fingerprint density at radius 1 is 0.810 bits per heavy atom. The number of ketones is 2. The summed E-state index contributed by atoms with van der Waals surface area (Å²) in [5.41, 5.74) is 0. The molecule has 0 aromatic heterocycles. The second-order valence-corrected chi connectivity index (χ2v) is 5.16. The van der Waals surface area contributed by atoms with E-state index in [1.54, 1.807) is 0 Å². The third-order valence-electron chi connectivity index (χ3n) is 1.63. The normalized spacial score (nSPS) is 13.9. The van der Waals surface area contributed by atoms with Crippen LogP contribution in [-0.4, -0.2) is 45.9 Å². The van der Waals surface area contributed by atoms with E-state index in [0.717, 1.165) is 13.8 Å². The number of hydrogen-bond acceptors (Lipinski definition) is 4. The average Bonchev–Trinajstić information content (AvgIpc) is 2.25. The molecular formula is C10H8F6O4Sn. The van der Waals surface area contributed by atoms with Crippen molar-refractivity contribution in [3.05, 3.63) is 23.7 Å².